The Balaban J connectivity index is 2.56. The average molecular weight is 206 g/mol. The maximum atomic E-state index is 9.30. The molecule has 4 nitrogen and oxygen atoms in total. The van der Waals surface area contributed by atoms with Crippen LogP contribution in [0.3, 0.4) is 0 Å². The third kappa shape index (κ3) is 1.68. The lowest BCUT2D eigenvalue weighted by molar-refractivity contribution is 0.213. The molecule has 0 amide bonds. The Bertz CT molecular complexity index is 488. The number of aromatic amines is 1. The van der Waals surface area contributed by atoms with Crippen LogP contribution in [0.15, 0.2) is 18.2 Å². The van der Waals surface area contributed by atoms with Crippen molar-refractivity contribution >= 4 is 11.0 Å². The number of rotatable bonds is 2. The zero-order chi connectivity index (χ0) is 11.1. The summed E-state index contributed by atoms with van der Waals surface area (Å²) in [6, 6.07) is 4.97. The highest BCUT2D eigenvalue weighted by atomic mass is 16.3. The van der Waals surface area contributed by atoms with Gasteiger partial charge in [-0.25, -0.2) is 4.98 Å². The number of aromatic hydroxyl groups is 1. The third-order valence-electron chi connectivity index (χ3n) is 2.50. The first-order valence-corrected chi connectivity index (χ1v) is 4.83. The Morgan fingerprint density at radius 2 is 2.13 bits per heavy atom. The fourth-order valence-corrected chi connectivity index (χ4v) is 1.39. The molecule has 0 fully saturated rings. The first-order valence-electron chi connectivity index (χ1n) is 4.83. The molecule has 80 valence electrons. The molecule has 0 aliphatic carbocycles. The van der Waals surface area contributed by atoms with Crippen molar-refractivity contribution in [3.63, 3.8) is 0 Å². The quantitative estimate of drug-likeness (QED) is 0.698. The van der Waals surface area contributed by atoms with Crippen LogP contribution in [0, 0.1) is 0 Å². The van der Waals surface area contributed by atoms with E-state index in [1.54, 1.807) is 18.2 Å². The fraction of sp³-hybridized carbons (Fsp3) is 0.364. The van der Waals surface area contributed by atoms with Gasteiger partial charge in [-0.05, 0) is 12.1 Å². The number of benzene rings is 1. The summed E-state index contributed by atoms with van der Waals surface area (Å²) in [6.07, 6.45) is 0. The van der Waals surface area contributed by atoms with Crippen LogP contribution in [0.1, 0.15) is 19.7 Å². The number of aliphatic hydroxyl groups excluding tert-OH is 1. The van der Waals surface area contributed by atoms with Crippen molar-refractivity contribution in [1.82, 2.24) is 9.97 Å². The lowest BCUT2D eigenvalue weighted by Crippen LogP contribution is -2.23. The van der Waals surface area contributed by atoms with Gasteiger partial charge in [-0.2, -0.15) is 0 Å². The number of phenols is 1. The van der Waals surface area contributed by atoms with Gasteiger partial charge in [-0.1, -0.05) is 13.8 Å². The molecule has 1 heterocycles. The predicted molar refractivity (Wildman–Crippen MR) is 57.9 cm³/mol. The maximum Gasteiger partial charge on any atom is 0.117 e. The topological polar surface area (TPSA) is 69.1 Å². The van der Waals surface area contributed by atoms with E-state index in [2.05, 4.69) is 9.97 Å². The molecule has 0 aliphatic heterocycles. The Hall–Kier alpha value is -1.55. The minimum absolute atomic E-state index is 0.0266. The Labute approximate surface area is 87.6 Å². The molecular weight excluding hydrogens is 192 g/mol. The average Bonchev–Trinajstić information content (AvgIpc) is 2.61. The number of imidazole rings is 1. The van der Waals surface area contributed by atoms with E-state index >= 15 is 0 Å². The second kappa shape index (κ2) is 3.24. The smallest absolute Gasteiger partial charge is 0.117 e. The highest BCUT2D eigenvalue weighted by Gasteiger charge is 2.23. The fourth-order valence-electron chi connectivity index (χ4n) is 1.39. The second-order valence-corrected chi connectivity index (χ2v) is 4.33. The predicted octanol–water partition coefficient (Wildman–Crippen LogP) is 1.54. The minimum Gasteiger partial charge on any atom is -0.508 e. The number of hydrogen-bond acceptors (Lipinski definition) is 3. The van der Waals surface area contributed by atoms with Gasteiger partial charge in [0, 0.05) is 11.5 Å². The number of aromatic nitrogens is 2. The largest absolute Gasteiger partial charge is 0.508 e. The van der Waals surface area contributed by atoms with E-state index in [1.165, 1.54) is 0 Å². The van der Waals surface area contributed by atoms with Gasteiger partial charge < -0.3 is 15.2 Å². The van der Waals surface area contributed by atoms with Gasteiger partial charge in [-0.15, -0.1) is 0 Å². The van der Waals surface area contributed by atoms with Crippen LogP contribution in [-0.4, -0.2) is 26.8 Å². The SMILES string of the molecule is CC(C)(CO)c1nc2ccc(O)cc2[nH]1. The molecule has 0 radical (unpaired) electrons. The Morgan fingerprint density at radius 1 is 1.40 bits per heavy atom. The highest BCUT2D eigenvalue weighted by molar-refractivity contribution is 5.76. The standard InChI is InChI=1S/C11H14N2O2/c1-11(2,6-14)10-12-8-4-3-7(15)5-9(8)13-10/h3-5,14-15H,6H2,1-2H3,(H,12,13). The van der Waals surface area contributed by atoms with Gasteiger partial charge >= 0.3 is 0 Å². The van der Waals surface area contributed by atoms with Crippen molar-refractivity contribution in [1.29, 1.82) is 0 Å². The number of fused-ring (bicyclic) bond motifs is 1. The monoisotopic (exact) mass is 206 g/mol. The van der Waals surface area contributed by atoms with Gasteiger partial charge in [0.25, 0.3) is 0 Å². The minimum atomic E-state index is -0.394. The van der Waals surface area contributed by atoms with E-state index < -0.39 is 5.41 Å². The number of aliphatic hydroxyl groups is 1. The van der Waals surface area contributed by atoms with Crippen LogP contribution in [0.25, 0.3) is 11.0 Å². The molecule has 4 heteroatoms. The zero-order valence-corrected chi connectivity index (χ0v) is 8.78. The van der Waals surface area contributed by atoms with E-state index in [0.717, 1.165) is 16.9 Å². The van der Waals surface area contributed by atoms with E-state index in [4.69, 9.17) is 0 Å². The molecule has 0 bridgehead atoms. The van der Waals surface area contributed by atoms with Crippen LogP contribution < -0.4 is 0 Å². The first kappa shape index (κ1) is 9.98. The van der Waals surface area contributed by atoms with E-state index in [0.29, 0.717) is 0 Å². The summed E-state index contributed by atoms with van der Waals surface area (Å²) < 4.78 is 0. The molecule has 1 aromatic heterocycles. The Kier molecular flexibility index (Phi) is 2.16. The van der Waals surface area contributed by atoms with Crippen LogP contribution >= 0.6 is 0 Å². The summed E-state index contributed by atoms with van der Waals surface area (Å²) in [5.74, 6) is 0.935. The molecule has 0 unspecified atom stereocenters. The molecule has 0 saturated carbocycles. The van der Waals surface area contributed by atoms with Crippen LogP contribution in [0.5, 0.6) is 5.75 Å². The van der Waals surface area contributed by atoms with Crippen LogP contribution in [-0.2, 0) is 5.41 Å². The van der Waals surface area contributed by atoms with E-state index in [1.807, 2.05) is 13.8 Å². The molecule has 15 heavy (non-hydrogen) atoms. The molecule has 0 spiro atoms. The van der Waals surface area contributed by atoms with Gasteiger partial charge in [0.1, 0.15) is 11.6 Å². The summed E-state index contributed by atoms with van der Waals surface area (Å²) >= 11 is 0. The maximum absolute atomic E-state index is 9.30. The van der Waals surface area contributed by atoms with E-state index in [9.17, 15) is 10.2 Å². The number of nitrogens with one attached hydrogen (secondary N) is 1. The van der Waals surface area contributed by atoms with Crippen molar-refractivity contribution in [2.75, 3.05) is 6.61 Å². The van der Waals surface area contributed by atoms with Crippen LogP contribution in [0.2, 0.25) is 0 Å². The number of H-pyrrole nitrogens is 1. The Morgan fingerprint density at radius 3 is 2.80 bits per heavy atom. The summed E-state index contributed by atoms with van der Waals surface area (Å²) in [4.78, 5) is 7.47. The van der Waals surface area contributed by atoms with Crippen LogP contribution in [0.4, 0.5) is 0 Å². The lowest BCUT2D eigenvalue weighted by Gasteiger charge is -2.17. The molecule has 1 aromatic carbocycles. The van der Waals surface area contributed by atoms with Gasteiger partial charge in [0.15, 0.2) is 0 Å². The molecule has 3 N–H and O–H groups in total. The summed E-state index contributed by atoms with van der Waals surface area (Å²) in [7, 11) is 0. The molecule has 0 saturated heterocycles. The van der Waals surface area contributed by atoms with Crippen molar-refractivity contribution in [2.45, 2.75) is 19.3 Å². The summed E-state index contributed by atoms with van der Waals surface area (Å²) in [5.41, 5.74) is 1.19. The van der Waals surface area contributed by atoms with Gasteiger partial charge in [0.05, 0.1) is 17.6 Å². The summed E-state index contributed by atoms with van der Waals surface area (Å²) in [5, 5.41) is 18.5. The van der Waals surface area contributed by atoms with E-state index in [-0.39, 0.29) is 12.4 Å². The molecule has 0 atom stereocenters. The highest BCUT2D eigenvalue weighted by Crippen LogP contribution is 2.24. The zero-order valence-electron chi connectivity index (χ0n) is 8.78. The summed E-state index contributed by atoms with van der Waals surface area (Å²) in [6.45, 7) is 3.84. The number of nitrogens with zero attached hydrogens (tertiary/aromatic N) is 1. The first-order chi connectivity index (χ1) is 7.03. The number of phenolic OH excluding ortho intramolecular Hbond substituents is 1. The lowest BCUT2D eigenvalue weighted by atomic mass is 9.94. The van der Waals surface area contributed by atoms with Crippen molar-refractivity contribution in [3.05, 3.63) is 24.0 Å². The molecular formula is C11H14N2O2. The normalized spacial score (nSPS) is 12.2. The number of hydrogen-bond donors (Lipinski definition) is 3. The third-order valence-corrected chi connectivity index (χ3v) is 2.50. The molecule has 0 aliphatic rings. The van der Waals surface area contributed by atoms with Gasteiger partial charge in [0.2, 0.25) is 0 Å². The van der Waals surface area contributed by atoms with Crippen molar-refractivity contribution < 1.29 is 10.2 Å². The van der Waals surface area contributed by atoms with Gasteiger partial charge in [-0.3, -0.25) is 0 Å². The van der Waals surface area contributed by atoms with Crippen molar-refractivity contribution in [2.24, 2.45) is 0 Å². The second-order valence-electron chi connectivity index (χ2n) is 4.33. The molecule has 2 aromatic rings. The van der Waals surface area contributed by atoms with Crippen molar-refractivity contribution in [3.8, 4) is 5.75 Å². The molecule has 2 rings (SSSR count).